The number of rotatable bonds is 3. The van der Waals surface area contributed by atoms with Crippen LogP contribution < -0.4 is 4.74 Å². The molecule has 2 aliphatic heterocycles. The average Bonchev–Trinajstić information content (AvgIpc) is 3.34. The third-order valence-corrected chi connectivity index (χ3v) is 5.76. The molecule has 1 spiro atoms. The fourth-order valence-electron chi connectivity index (χ4n) is 4.23. The van der Waals surface area contributed by atoms with Gasteiger partial charge >= 0.3 is 0 Å². The minimum atomic E-state index is -0.412. The van der Waals surface area contributed by atoms with E-state index in [2.05, 4.69) is 0 Å². The van der Waals surface area contributed by atoms with Crippen molar-refractivity contribution in [2.24, 2.45) is 5.41 Å². The minimum absolute atomic E-state index is 0.151. The van der Waals surface area contributed by atoms with Gasteiger partial charge in [-0.15, -0.1) is 0 Å². The van der Waals surface area contributed by atoms with Gasteiger partial charge in [-0.1, -0.05) is 12.1 Å². The second-order valence-corrected chi connectivity index (χ2v) is 7.48. The quantitative estimate of drug-likeness (QED) is 0.835. The standard InChI is InChI=1S/C21H24N2O4/c1-22-11-4-9-21(20(22)25)10-12-23(14-21)19(24)18-8-7-17(27-18)15-5-3-6-16(13-15)26-2/h3,5-8,13H,4,9-12,14H2,1-2H3/t21-/m0/s1. The zero-order valence-electron chi connectivity index (χ0n) is 15.7. The van der Waals surface area contributed by atoms with Gasteiger partial charge in [-0.2, -0.15) is 0 Å². The van der Waals surface area contributed by atoms with Crippen molar-refractivity contribution >= 4 is 11.8 Å². The highest BCUT2D eigenvalue weighted by molar-refractivity contribution is 5.93. The Morgan fingerprint density at radius 2 is 2.04 bits per heavy atom. The fraction of sp³-hybridized carbons (Fsp3) is 0.429. The average molecular weight is 368 g/mol. The van der Waals surface area contributed by atoms with E-state index < -0.39 is 5.41 Å². The first-order valence-electron chi connectivity index (χ1n) is 9.31. The first-order valence-corrected chi connectivity index (χ1v) is 9.31. The lowest BCUT2D eigenvalue weighted by Crippen LogP contribution is -2.48. The van der Waals surface area contributed by atoms with Crippen LogP contribution in [0.3, 0.4) is 0 Å². The molecule has 2 amide bonds. The molecule has 6 heteroatoms. The molecule has 0 bridgehead atoms. The summed E-state index contributed by atoms with van der Waals surface area (Å²) in [6.07, 6.45) is 2.57. The van der Waals surface area contributed by atoms with Crippen molar-refractivity contribution < 1.29 is 18.7 Å². The Hall–Kier alpha value is -2.76. The minimum Gasteiger partial charge on any atom is -0.497 e. The highest BCUT2D eigenvalue weighted by Crippen LogP contribution is 2.40. The van der Waals surface area contributed by atoms with E-state index in [1.165, 1.54) is 0 Å². The second-order valence-electron chi connectivity index (χ2n) is 7.48. The molecule has 1 aromatic carbocycles. The van der Waals surface area contributed by atoms with Crippen LogP contribution in [0.4, 0.5) is 0 Å². The topological polar surface area (TPSA) is 63.0 Å². The summed E-state index contributed by atoms with van der Waals surface area (Å²) < 4.78 is 11.1. The number of piperidine rings is 1. The molecule has 1 aromatic heterocycles. The van der Waals surface area contributed by atoms with E-state index in [-0.39, 0.29) is 11.8 Å². The molecule has 142 valence electrons. The smallest absolute Gasteiger partial charge is 0.289 e. The van der Waals surface area contributed by atoms with Gasteiger partial charge in [0, 0.05) is 32.2 Å². The lowest BCUT2D eigenvalue weighted by atomic mass is 9.78. The Kier molecular flexibility index (Phi) is 4.42. The van der Waals surface area contributed by atoms with Gasteiger partial charge in [0.15, 0.2) is 5.76 Å². The number of hydrogen-bond donors (Lipinski definition) is 0. The molecule has 2 fully saturated rings. The maximum absolute atomic E-state index is 12.9. The van der Waals surface area contributed by atoms with Gasteiger partial charge in [0.1, 0.15) is 11.5 Å². The molecule has 0 saturated carbocycles. The van der Waals surface area contributed by atoms with Crippen LogP contribution >= 0.6 is 0 Å². The van der Waals surface area contributed by atoms with E-state index in [9.17, 15) is 9.59 Å². The molecule has 0 radical (unpaired) electrons. The molecule has 2 aliphatic rings. The Balaban J connectivity index is 1.51. The summed E-state index contributed by atoms with van der Waals surface area (Å²) >= 11 is 0. The van der Waals surface area contributed by atoms with Crippen molar-refractivity contribution in [3.8, 4) is 17.1 Å². The summed E-state index contributed by atoms with van der Waals surface area (Å²) in [7, 11) is 3.46. The van der Waals surface area contributed by atoms with Crippen molar-refractivity contribution in [3.05, 3.63) is 42.2 Å². The molecule has 3 heterocycles. The third-order valence-electron chi connectivity index (χ3n) is 5.76. The van der Waals surface area contributed by atoms with Crippen LogP contribution in [-0.4, -0.2) is 55.4 Å². The van der Waals surface area contributed by atoms with E-state index in [0.29, 0.717) is 24.6 Å². The van der Waals surface area contributed by atoms with Crippen molar-refractivity contribution in [2.45, 2.75) is 19.3 Å². The van der Waals surface area contributed by atoms with Gasteiger partial charge in [0.05, 0.1) is 12.5 Å². The monoisotopic (exact) mass is 368 g/mol. The molecular weight excluding hydrogens is 344 g/mol. The van der Waals surface area contributed by atoms with E-state index >= 15 is 0 Å². The van der Waals surface area contributed by atoms with Gasteiger partial charge < -0.3 is 19.0 Å². The Morgan fingerprint density at radius 1 is 1.19 bits per heavy atom. The number of benzene rings is 1. The number of hydrogen-bond acceptors (Lipinski definition) is 4. The third kappa shape index (κ3) is 3.09. The zero-order valence-corrected chi connectivity index (χ0v) is 15.7. The molecule has 0 N–H and O–H groups in total. The predicted octanol–water partition coefficient (Wildman–Crippen LogP) is 3.04. The molecule has 4 rings (SSSR count). The lowest BCUT2D eigenvalue weighted by molar-refractivity contribution is -0.143. The fourth-order valence-corrected chi connectivity index (χ4v) is 4.23. The van der Waals surface area contributed by atoms with Gasteiger partial charge in [-0.25, -0.2) is 0 Å². The Bertz CT molecular complexity index is 875. The normalized spacial score (nSPS) is 22.5. The first-order chi connectivity index (χ1) is 13.0. The van der Waals surface area contributed by atoms with E-state index in [4.69, 9.17) is 9.15 Å². The van der Waals surface area contributed by atoms with E-state index in [1.807, 2.05) is 31.3 Å². The number of carbonyl (C=O) groups excluding carboxylic acids is 2. The van der Waals surface area contributed by atoms with Crippen molar-refractivity contribution in [3.63, 3.8) is 0 Å². The van der Waals surface area contributed by atoms with E-state index in [1.54, 1.807) is 29.0 Å². The molecule has 0 aliphatic carbocycles. The van der Waals surface area contributed by atoms with Crippen molar-refractivity contribution in [1.29, 1.82) is 0 Å². The summed E-state index contributed by atoms with van der Waals surface area (Å²) in [5.41, 5.74) is 0.445. The number of amides is 2. The van der Waals surface area contributed by atoms with Crippen LogP contribution in [0.5, 0.6) is 5.75 Å². The molecule has 2 saturated heterocycles. The molecule has 0 unspecified atom stereocenters. The highest BCUT2D eigenvalue weighted by Gasteiger charge is 2.48. The molecule has 6 nitrogen and oxygen atoms in total. The summed E-state index contributed by atoms with van der Waals surface area (Å²) in [5, 5.41) is 0. The second kappa shape index (κ2) is 6.76. The number of likely N-dealkylation sites (tertiary alicyclic amines) is 2. The van der Waals surface area contributed by atoms with Gasteiger partial charge in [-0.05, 0) is 43.5 Å². The summed E-state index contributed by atoms with van der Waals surface area (Å²) in [6, 6.07) is 11.0. The van der Waals surface area contributed by atoms with Crippen LogP contribution in [0, 0.1) is 5.41 Å². The first kappa shape index (κ1) is 17.6. The maximum Gasteiger partial charge on any atom is 0.289 e. The molecule has 27 heavy (non-hydrogen) atoms. The molecule has 2 aromatic rings. The maximum atomic E-state index is 12.9. The van der Waals surface area contributed by atoms with Crippen molar-refractivity contribution in [2.75, 3.05) is 33.8 Å². The van der Waals surface area contributed by atoms with Crippen LogP contribution in [-0.2, 0) is 4.79 Å². The summed E-state index contributed by atoms with van der Waals surface area (Å²) in [4.78, 5) is 29.1. The Labute approximate surface area is 158 Å². The van der Waals surface area contributed by atoms with Crippen LogP contribution in [0.1, 0.15) is 29.8 Å². The number of ether oxygens (including phenoxy) is 1. The van der Waals surface area contributed by atoms with Gasteiger partial charge in [0.2, 0.25) is 5.91 Å². The number of carbonyl (C=O) groups is 2. The van der Waals surface area contributed by atoms with Crippen molar-refractivity contribution in [1.82, 2.24) is 9.80 Å². The van der Waals surface area contributed by atoms with Gasteiger partial charge in [-0.3, -0.25) is 9.59 Å². The zero-order chi connectivity index (χ0) is 19.0. The summed E-state index contributed by atoms with van der Waals surface area (Å²) in [5.74, 6) is 1.68. The molecular formula is C21H24N2O4. The summed E-state index contributed by atoms with van der Waals surface area (Å²) in [6.45, 7) is 1.87. The lowest BCUT2D eigenvalue weighted by Gasteiger charge is -2.37. The van der Waals surface area contributed by atoms with Crippen LogP contribution in [0.25, 0.3) is 11.3 Å². The van der Waals surface area contributed by atoms with Crippen LogP contribution in [0.15, 0.2) is 40.8 Å². The predicted molar refractivity (Wildman–Crippen MR) is 101 cm³/mol. The number of methoxy groups -OCH3 is 1. The Morgan fingerprint density at radius 3 is 2.85 bits per heavy atom. The number of nitrogens with zero attached hydrogens (tertiary/aromatic N) is 2. The van der Waals surface area contributed by atoms with Gasteiger partial charge in [0.25, 0.3) is 5.91 Å². The molecule has 1 atom stereocenters. The largest absolute Gasteiger partial charge is 0.497 e. The van der Waals surface area contributed by atoms with Crippen LogP contribution in [0.2, 0.25) is 0 Å². The van der Waals surface area contributed by atoms with E-state index in [0.717, 1.165) is 37.1 Å². The highest BCUT2D eigenvalue weighted by atomic mass is 16.5. The SMILES string of the molecule is COc1cccc(-c2ccc(C(=O)N3CC[C@@]4(CCCN(C)C4=O)C3)o2)c1. The number of furan rings is 1.